The zero-order valence-electron chi connectivity index (χ0n) is 11.9. The summed E-state index contributed by atoms with van der Waals surface area (Å²) in [6, 6.07) is 4.02. The minimum Gasteiger partial charge on any atom is -0.365 e. The fraction of sp³-hybridized carbons (Fsp3) is 0. The highest BCUT2D eigenvalue weighted by atomic mass is 32.1. The highest BCUT2D eigenvalue weighted by Crippen LogP contribution is 2.30. The van der Waals surface area contributed by atoms with E-state index in [0.29, 0.717) is 11.6 Å². The maximum atomic E-state index is 13.2. The molecule has 24 heavy (non-hydrogen) atoms. The Kier molecular flexibility index (Phi) is 4.09. The van der Waals surface area contributed by atoms with Crippen molar-refractivity contribution in [3.05, 3.63) is 57.8 Å². The SMILES string of the molecule is NC(=O)c1c(-c2ccsc2)noc1NC(=O)c1cc(F)cc(F)c1. The number of hydrogen-bond donors (Lipinski definition) is 2. The molecule has 6 nitrogen and oxygen atoms in total. The maximum Gasteiger partial charge on any atom is 0.258 e. The maximum absolute atomic E-state index is 13.2. The predicted octanol–water partition coefficient (Wildman–Crippen LogP) is 3.03. The molecule has 3 N–H and O–H groups in total. The van der Waals surface area contributed by atoms with E-state index in [-0.39, 0.29) is 22.7 Å². The number of benzene rings is 1. The lowest BCUT2D eigenvalue weighted by molar-refractivity contribution is 0.100. The van der Waals surface area contributed by atoms with E-state index in [1.165, 1.54) is 11.3 Å². The minimum absolute atomic E-state index is 0.126. The van der Waals surface area contributed by atoms with E-state index in [1.54, 1.807) is 16.8 Å². The Bertz CT molecular complexity index is 902. The van der Waals surface area contributed by atoms with E-state index in [4.69, 9.17) is 10.3 Å². The van der Waals surface area contributed by atoms with Crippen LogP contribution in [-0.4, -0.2) is 17.0 Å². The Morgan fingerprint density at radius 2 is 1.92 bits per heavy atom. The molecule has 0 saturated heterocycles. The third-order valence-electron chi connectivity index (χ3n) is 3.08. The second kappa shape index (κ2) is 6.20. The van der Waals surface area contributed by atoms with E-state index in [0.717, 1.165) is 12.1 Å². The van der Waals surface area contributed by atoms with Gasteiger partial charge in [0.1, 0.15) is 22.9 Å². The second-order valence-electron chi connectivity index (χ2n) is 4.72. The number of amides is 2. The predicted molar refractivity (Wildman–Crippen MR) is 82.6 cm³/mol. The van der Waals surface area contributed by atoms with E-state index in [2.05, 4.69) is 10.5 Å². The number of carbonyl (C=O) groups excluding carboxylic acids is 2. The molecule has 122 valence electrons. The molecule has 2 aromatic heterocycles. The Balaban J connectivity index is 1.95. The first-order chi connectivity index (χ1) is 11.5. The molecule has 0 aliphatic carbocycles. The number of primary amides is 1. The first-order valence-corrected chi connectivity index (χ1v) is 7.49. The van der Waals surface area contributed by atoms with Gasteiger partial charge in [0.05, 0.1) is 0 Å². The van der Waals surface area contributed by atoms with Gasteiger partial charge in [0.2, 0.25) is 5.88 Å². The largest absolute Gasteiger partial charge is 0.365 e. The van der Waals surface area contributed by atoms with Gasteiger partial charge in [0.15, 0.2) is 0 Å². The van der Waals surface area contributed by atoms with Crippen molar-refractivity contribution in [2.24, 2.45) is 5.73 Å². The lowest BCUT2D eigenvalue weighted by Crippen LogP contribution is -2.18. The zero-order chi connectivity index (χ0) is 17.3. The number of hydrogen-bond acceptors (Lipinski definition) is 5. The van der Waals surface area contributed by atoms with Crippen LogP contribution in [0.3, 0.4) is 0 Å². The molecule has 2 amide bonds. The molecule has 9 heteroatoms. The number of aromatic nitrogens is 1. The van der Waals surface area contributed by atoms with Gasteiger partial charge in [0.25, 0.3) is 11.8 Å². The number of thiophene rings is 1. The molecule has 1 aromatic carbocycles. The topological polar surface area (TPSA) is 98.2 Å². The smallest absolute Gasteiger partial charge is 0.258 e. The molecule has 0 saturated carbocycles. The fourth-order valence-electron chi connectivity index (χ4n) is 2.06. The summed E-state index contributed by atoms with van der Waals surface area (Å²) < 4.78 is 31.4. The molecule has 3 aromatic rings. The number of nitrogens with two attached hydrogens (primary N) is 1. The van der Waals surface area contributed by atoms with Gasteiger partial charge in [-0.2, -0.15) is 11.3 Å². The minimum atomic E-state index is -0.910. The van der Waals surface area contributed by atoms with Crippen LogP contribution in [0.5, 0.6) is 0 Å². The molecule has 0 aliphatic heterocycles. The second-order valence-corrected chi connectivity index (χ2v) is 5.50. The van der Waals surface area contributed by atoms with Crippen LogP contribution >= 0.6 is 11.3 Å². The van der Waals surface area contributed by atoms with Gasteiger partial charge in [0, 0.05) is 22.6 Å². The van der Waals surface area contributed by atoms with Gasteiger partial charge >= 0.3 is 0 Å². The highest BCUT2D eigenvalue weighted by Gasteiger charge is 2.24. The Hall–Kier alpha value is -3.07. The number of nitrogens with one attached hydrogen (secondary N) is 1. The van der Waals surface area contributed by atoms with Crippen LogP contribution in [0.4, 0.5) is 14.7 Å². The summed E-state index contributed by atoms with van der Waals surface area (Å²) >= 11 is 1.37. The standard InChI is InChI=1S/C15H9F2N3O3S/c16-9-3-8(4-10(17)5-9)14(22)19-15-11(13(18)21)12(20-23-15)7-1-2-24-6-7/h1-6H,(H2,18,21)(H,19,22). The first kappa shape index (κ1) is 15.8. The summed E-state index contributed by atoms with van der Waals surface area (Å²) in [6.45, 7) is 0. The van der Waals surface area contributed by atoms with E-state index >= 15 is 0 Å². The number of nitrogens with zero attached hydrogens (tertiary/aromatic N) is 1. The lowest BCUT2D eigenvalue weighted by atomic mass is 10.1. The van der Waals surface area contributed by atoms with Gasteiger partial charge < -0.3 is 10.3 Å². The first-order valence-electron chi connectivity index (χ1n) is 6.55. The van der Waals surface area contributed by atoms with Crippen molar-refractivity contribution in [2.75, 3.05) is 5.32 Å². The van der Waals surface area contributed by atoms with Crippen molar-refractivity contribution in [1.29, 1.82) is 0 Å². The lowest BCUT2D eigenvalue weighted by Gasteiger charge is -2.04. The van der Waals surface area contributed by atoms with Crippen molar-refractivity contribution < 1.29 is 22.9 Å². The van der Waals surface area contributed by atoms with Crippen LogP contribution < -0.4 is 11.1 Å². The molecule has 0 aliphatic rings. The fourth-order valence-corrected chi connectivity index (χ4v) is 2.70. The molecular weight excluding hydrogens is 340 g/mol. The molecule has 0 spiro atoms. The number of carbonyl (C=O) groups is 2. The average molecular weight is 349 g/mol. The Morgan fingerprint density at radius 3 is 2.50 bits per heavy atom. The van der Waals surface area contributed by atoms with Gasteiger partial charge in [-0.1, -0.05) is 5.16 Å². The van der Waals surface area contributed by atoms with Crippen molar-refractivity contribution >= 4 is 29.0 Å². The molecule has 0 fully saturated rings. The quantitative estimate of drug-likeness (QED) is 0.756. The third-order valence-corrected chi connectivity index (χ3v) is 3.77. The van der Waals surface area contributed by atoms with Gasteiger partial charge in [-0.25, -0.2) is 8.78 Å². The van der Waals surface area contributed by atoms with Crippen molar-refractivity contribution in [3.63, 3.8) is 0 Å². The number of halogens is 2. The van der Waals surface area contributed by atoms with Gasteiger partial charge in [-0.05, 0) is 23.6 Å². The Morgan fingerprint density at radius 1 is 1.21 bits per heavy atom. The normalized spacial score (nSPS) is 10.6. The number of anilines is 1. The van der Waals surface area contributed by atoms with E-state index in [9.17, 15) is 18.4 Å². The Labute approximate surface area is 137 Å². The van der Waals surface area contributed by atoms with Crippen molar-refractivity contribution in [1.82, 2.24) is 5.16 Å². The summed E-state index contributed by atoms with van der Waals surface area (Å²) in [5.74, 6) is -3.85. The van der Waals surface area contributed by atoms with Crippen LogP contribution in [0.25, 0.3) is 11.3 Å². The highest BCUT2D eigenvalue weighted by molar-refractivity contribution is 7.08. The van der Waals surface area contributed by atoms with Crippen LogP contribution in [0.2, 0.25) is 0 Å². The third kappa shape index (κ3) is 3.01. The molecule has 0 unspecified atom stereocenters. The van der Waals surface area contributed by atoms with Crippen molar-refractivity contribution in [2.45, 2.75) is 0 Å². The zero-order valence-corrected chi connectivity index (χ0v) is 12.7. The van der Waals surface area contributed by atoms with Crippen LogP contribution in [0, 0.1) is 11.6 Å². The van der Waals surface area contributed by atoms with Gasteiger partial charge in [-0.15, -0.1) is 0 Å². The van der Waals surface area contributed by atoms with Crippen LogP contribution in [0.1, 0.15) is 20.7 Å². The number of rotatable bonds is 4. The summed E-state index contributed by atoms with van der Waals surface area (Å²) in [5.41, 5.74) is 5.68. The van der Waals surface area contributed by atoms with Crippen molar-refractivity contribution in [3.8, 4) is 11.3 Å². The van der Waals surface area contributed by atoms with Gasteiger partial charge in [-0.3, -0.25) is 14.9 Å². The monoisotopic (exact) mass is 349 g/mol. The average Bonchev–Trinajstić information content (AvgIpc) is 3.14. The molecular formula is C15H9F2N3O3S. The summed E-state index contributed by atoms with van der Waals surface area (Å²) in [6.07, 6.45) is 0. The molecule has 0 atom stereocenters. The summed E-state index contributed by atoms with van der Waals surface area (Å²) in [4.78, 5) is 23.8. The van der Waals surface area contributed by atoms with E-state index < -0.39 is 23.4 Å². The van der Waals surface area contributed by atoms with Crippen LogP contribution in [0.15, 0.2) is 39.5 Å². The van der Waals surface area contributed by atoms with E-state index in [1.807, 2.05) is 0 Å². The molecule has 0 radical (unpaired) electrons. The molecule has 2 heterocycles. The molecule has 0 bridgehead atoms. The van der Waals surface area contributed by atoms with Crippen LogP contribution in [-0.2, 0) is 0 Å². The summed E-state index contributed by atoms with van der Waals surface area (Å²) in [7, 11) is 0. The summed E-state index contributed by atoms with van der Waals surface area (Å²) in [5, 5.41) is 9.46. The molecule has 3 rings (SSSR count).